The van der Waals surface area contributed by atoms with Gasteiger partial charge >= 0.3 is 0 Å². The van der Waals surface area contributed by atoms with E-state index >= 15 is 0 Å². The molecular weight excluding hydrogens is 593 g/mol. The third-order valence-electron chi connectivity index (χ3n) is 5.92. The molecule has 0 radical (unpaired) electrons. The maximum Gasteiger partial charge on any atom is 0.272 e. The van der Waals surface area contributed by atoms with Gasteiger partial charge in [0, 0.05) is 31.9 Å². The normalized spacial score (nSPS) is 11.8. The Morgan fingerprint density at radius 3 is 2.26 bits per heavy atom. The van der Waals surface area contributed by atoms with Gasteiger partial charge in [0.05, 0.1) is 12.4 Å². The largest absolute Gasteiger partial charge is 0.497 e. The summed E-state index contributed by atoms with van der Waals surface area (Å²) in [6, 6.07) is 27.6. The summed E-state index contributed by atoms with van der Waals surface area (Å²) in [6.07, 6.45) is 1.49. The second-order valence-electron chi connectivity index (χ2n) is 9.00. The number of thioether (sulfide) groups is 1. The first kappa shape index (κ1) is 30.7. The second kappa shape index (κ2) is 14.6. The van der Waals surface area contributed by atoms with Gasteiger partial charge in [-0.1, -0.05) is 53.5 Å². The molecule has 3 amide bonds. The molecule has 3 N–H and O–H groups in total. The maximum atomic E-state index is 13.4. The van der Waals surface area contributed by atoms with Gasteiger partial charge in [-0.2, -0.15) is 0 Å². The minimum atomic E-state index is -0.558. The van der Waals surface area contributed by atoms with E-state index in [0.717, 1.165) is 4.90 Å². The molecule has 0 bridgehead atoms. The van der Waals surface area contributed by atoms with Crippen molar-refractivity contribution in [2.24, 2.45) is 0 Å². The van der Waals surface area contributed by atoms with Gasteiger partial charge in [-0.15, -0.1) is 11.8 Å². The van der Waals surface area contributed by atoms with E-state index in [1.165, 1.54) is 17.8 Å². The number of anilines is 2. The molecule has 0 saturated heterocycles. The van der Waals surface area contributed by atoms with Crippen molar-refractivity contribution in [2.45, 2.75) is 17.1 Å². The number of carbonyl (C=O) groups is 3. The van der Waals surface area contributed by atoms with Crippen LogP contribution in [0, 0.1) is 0 Å². The Morgan fingerprint density at radius 1 is 0.833 bits per heavy atom. The fourth-order valence-corrected chi connectivity index (χ4v) is 5.13. The first-order valence-electron chi connectivity index (χ1n) is 12.8. The van der Waals surface area contributed by atoms with Crippen molar-refractivity contribution in [1.29, 1.82) is 0 Å². The highest BCUT2D eigenvalue weighted by Gasteiger charge is 2.18. The number of ether oxygens (including phenoxy) is 1. The van der Waals surface area contributed by atoms with E-state index < -0.39 is 17.1 Å². The molecule has 0 saturated carbocycles. The van der Waals surface area contributed by atoms with Crippen LogP contribution in [0.2, 0.25) is 10.0 Å². The summed E-state index contributed by atoms with van der Waals surface area (Å²) in [6.45, 7) is 1.80. The molecule has 42 heavy (non-hydrogen) atoms. The van der Waals surface area contributed by atoms with Crippen LogP contribution in [0.3, 0.4) is 0 Å². The number of benzene rings is 4. The van der Waals surface area contributed by atoms with Gasteiger partial charge in [-0.3, -0.25) is 14.4 Å². The molecule has 0 aliphatic carbocycles. The second-order valence-corrected chi connectivity index (χ2v) is 11.3. The lowest BCUT2D eigenvalue weighted by Crippen LogP contribution is -2.30. The summed E-state index contributed by atoms with van der Waals surface area (Å²) in [5.74, 6) is -0.489. The van der Waals surface area contributed by atoms with Crippen LogP contribution in [0.25, 0.3) is 6.08 Å². The standard InChI is InChI=1S/C32H27Cl2N3O4S/c1-20(30(38)35-24-13-15-26(41-2)16-14-24)42-27-10-6-9-25(19-27)36-32(40)29(17-22-11-12-23(33)18-28(22)34)37-31(39)21-7-4-3-5-8-21/h3-20H,1-2H3,(H,35,38)(H,36,40)(H,37,39)/b29-17+. The topological polar surface area (TPSA) is 96.5 Å². The molecule has 4 aromatic carbocycles. The van der Waals surface area contributed by atoms with E-state index in [-0.39, 0.29) is 11.6 Å². The lowest BCUT2D eigenvalue weighted by atomic mass is 10.1. The highest BCUT2D eigenvalue weighted by molar-refractivity contribution is 8.00. The fourth-order valence-electron chi connectivity index (χ4n) is 3.74. The van der Waals surface area contributed by atoms with Crippen LogP contribution in [0.4, 0.5) is 11.4 Å². The van der Waals surface area contributed by atoms with Gasteiger partial charge in [0.25, 0.3) is 11.8 Å². The molecule has 1 unspecified atom stereocenters. The first-order chi connectivity index (χ1) is 20.2. The lowest BCUT2D eigenvalue weighted by Gasteiger charge is -2.14. The number of halogens is 2. The van der Waals surface area contributed by atoms with Crippen LogP contribution in [-0.4, -0.2) is 30.1 Å². The number of rotatable bonds is 10. The Bertz CT molecular complexity index is 1610. The average Bonchev–Trinajstić information content (AvgIpc) is 2.99. The molecule has 4 rings (SSSR count). The van der Waals surface area contributed by atoms with Crippen LogP contribution in [0.5, 0.6) is 5.75 Å². The molecule has 0 heterocycles. The van der Waals surface area contributed by atoms with Crippen LogP contribution < -0.4 is 20.7 Å². The fraction of sp³-hybridized carbons (Fsp3) is 0.0938. The Hall–Kier alpha value is -4.24. The van der Waals surface area contributed by atoms with Crippen LogP contribution >= 0.6 is 35.0 Å². The molecule has 4 aromatic rings. The predicted molar refractivity (Wildman–Crippen MR) is 170 cm³/mol. The molecule has 0 fully saturated rings. The van der Waals surface area contributed by atoms with E-state index in [1.807, 2.05) is 6.07 Å². The highest BCUT2D eigenvalue weighted by atomic mass is 35.5. The summed E-state index contributed by atoms with van der Waals surface area (Å²) < 4.78 is 5.15. The third-order valence-corrected chi connectivity index (χ3v) is 7.58. The molecule has 0 aliphatic heterocycles. The molecule has 0 spiro atoms. The Morgan fingerprint density at radius 2 is 1.57 bits per heavy atom. The van der Waals surface area contributed by atoms with Crippen molar-refractivity contribution < 1.29 is 19.1 Å². The third kappa shape index (κ3) is 8.63. The van der Waals surface area contributed by atoms with E-state index in [0.29, 0.717) is 38.3 Å². The van der Waals surface area contributed by atoms with Crippen molar-refractivity contribution in [1.82, 2.24) is 5.32 Å². The number of amides is 3. The molecule has 10 heteroatoms. The monoisotopic (exact) mass is 619 g/mol. The quantitative estimate of drug-likeness (QED) is 0.126. The van der Waals surface area contributed by atoms with Crippen molar-refractivity contribution in [3.63, 3.8) is 0 Å². The van der Waals surface area contributed by atoms with Gasteiger partial charge in [0.1, 0.15) is 11.4 Å². The predicted octanol–water partition coefficient (Wildman–Crippen LogP) is 7.53. The Labute approximate surface area is 258 Å². The first-order valence-corrected chi connectivity index (χ1v) is 14.4. The zero-order valence-corrected chi connectivity index (χ0v) is 25.0. The maximum absolute atomic E-state index is 13.4. The van der Waals surface area contributed by atoms with Crippen LogP contribution in [-0.2, 0) is 9.59 Å². The van der Waals surface area contributed by atoms with Gasteiger partial charge in [-0.05, 0) is 85.3 Å². The number of carbonyl (C=O) groups excluding carboxylic acids is 3. The van der Waals surface area contributed by atoms with Crippen molar-refractivity contribution in [3.05, 3.63) is 124 Å². The number of hydrogen-bond acceptors (Lipinski definition) is 5. The molecule has 0 aromatic heterocycles. The minimum Gasteiger partial charge on any atom is -0.497 e. The highest BCUT2D eigenvalue weighted by Crippen LogP contribution is 2.28. The van der Waals surface area contributed by atoms with Crippen molar-refractivity contribution >= 4 is 70.1 Å². The lowest BCUT2D eigenvalue weighted by molar-refractivity contribution is -0.115. The van der Waals surface area contributed by atoms with E-state index in [2.05, 4.69) is 16.0 Å². The Balaban J connectivity index is 1.48. The molecule has 7 nitrogen and oxygen atoms in total. The molecule has 214 valence electrons. The molecule has 1 atom stereocenters. The summed E-state index contributed by atoms with van der Waals surface area (Å²) >= 11 is 13.7. The minimum absolute atomic E-state index is 0.0154. The van der Waals surface area contributed by atoms with E-state index in [4.69, 9.17) is 27.9 Å². The summed E-state index contributed by atoms with van der Waals surface area (Å²) in [5.41, 5.74) is 2.01. The zero-order chi connectivity index (χ0) is 30.1. The van der Waals surface area contributed by atoms with Crippen LogP contribution in [0.1, 0.15) is 22.8 Å². The van der Waals surface area contributed by atoms with Crippen molar-refractivity contribution in [2.75, 3.05) is 17.7 Å². The smallest absolute Gasteiger partial charge is 0.272 e. The van der Waals surface area contributed by atoms with E-state index in [9.17, 15) is 14.4 Å². The molecule has 0 aliphatic rings. The average molecular weight is 621 g/mol. The van der Waals surface area contributed by atoms with E-state index in [1.54, 1.807) is 105 Å². The number of hydrogen-bond donors (Lipinski definition) is 3. The molecular formula is C32H27Cl2N3O4S. The Kier molecular flexibility index (Phi) is 10.7. The van der Waals surface area contributed by atoms with Gasteiger partial charge < -0.3 is 20.7 Å². The SMILES string of the molecule is COc1ccc(NC(=O)C(C)Sc2cccc(NC(=O)/C(=C\c3ccc(Cl)cc3Cl)NC(=O)c3ccccc3)c2)cc1. The van der Waals surface area contributed by atoms with Crippen molar-refractivity contribution in [3.8, 4) is 5.75 Å². The van der Waals surface area contributed by atoms with Gasteiger partial charge in [-0.25, -0.2) is 0 Å². The van der Waals surface area contributed by atoms with Gasteiger partial charge in [0.2, 0.25) is 5.91 Å². The number of nitrogens with one attached hydrogen (secondary N) is 3. The zero-order valence-electron chi connectivity index (χ0n) is 22.7. The summed E-state index contributed by atoms with van der Waals surface area (Å²) in [7, 11) is 1.58. The summed E-state index contributed by atoms with van der Waals surface area (Å²) in [4.78, 5) is 39.9. The van der Waals surface area contributed by atoms with Crippen LogP contribution in [0.15, 0.2) is 108 Å². The summed E-state index contributed by atoms with van der Waals surface area (Å²) in [5, 5.41) is 8.74. The van der Waals surface area contributed by atoms with Gasteiger partial charge in [0.15, 0.2) is 0 Å². The number of methoxy groups -OCH3 is 1.